The van der Waals surface area contributed by atoms with Gasteiger partial charge in [0.25, 0.3) is 0 Å². The first kappa shape index (κ1) is 13.5. The van der Waals surface area contributed by atoms with Crippen molar-refractivity contribution in [2.75, 3.05) is 6.54 Å². The van der Waals surface area contributed by atoms with Gasteiger partial charge in [0.05, 0.1) is 16.4 Å². The zero-order valence-electron chi connectivity index (χ0n) is 10.7. The van der Waals surface area contributed by atoms with Crippen LogP contribution in [0.3, 0.4) is 0 Å². The molecule has 0 spiro atoms. The van der Waals surface area contributed by atoms with Crippen LogP contribution in [-0.2, 0) is 13.5 Å². The Balaban J connectivity index is 2.48. The molecule has 3 nitrogen and oxygen atoms in total. The molecule has 0 fully saturated rings. The lowest BCUT2D eigenvalue weighted by atomic mass is 10.1. The molecular weight excluding hydrogens is 222 g/mol. The van der Waals surface area contributed by atoms with Gasteiger partial charge in [-0.3, -0.25) is 4.68 Å². The van der Waals surface area contributed by atoms with Crippen LogP contribution < -0.4 is 5.32 Å². The highest BCUT2D eigenvalue weighted by molar-refractivity contribution is 6.31. The van der Waals surface area contributed by atoms with Gasteiger partial charge < -0.3 is 5.32 Å². The summed E-state index contributed by atoms with van der Waals surface area (Å²) < 4.78 is 1.89. The second kappa shape index (κ2) is 6.26. The van der Waals surface area contributed by atoms with E-state index in [9.17, 15) is 0 Å². The number of halogens is 1. The summed E-state index contributed by atoms with van der Waals surface area (Å²) >= 11 is 6.20. The Bertz CT molecular complexity index is 333. The van der Waals surface area contributed by atoms with Crippen molar-refractivity contribution in [2.24, 2.45) is 7.05 Å². The molecule has 0 aliphatic rings. The van der Waals surface area contributed by atoms with Crippen LogP contribution in [-0.4, -0.2) is 22.4 Å². The highest BCUT2D eigenvalue weighted by Gasteiger charge is 2.11. The fourth-order valence-electron chi connectivity index (χ4n) is 1.80. The van der Waals surface area contributed by atoms with Gasteiger partial charge >= 0.3 is 0 Å². The molecule has 92 valence electrons. The van der Waals surface area contributed by atoms with Crippen molar-refractivity contribution in [2.45, 2.75) is 46.1 Å². The number of aromatic nitrogens is 2. The van der Waals surface area contributed by atoms with Crippen LogP contribution in [0.5, 0.6) is 0 Å². The molecule has 0 amide bonds. The monoisotopic (exact) mass is 243 g/mol. The number of nitrogens with one attached hydrogen (secondary N) is 1. The second-order valence-electron chi connectivity index (χ2n) is 4.36. The van der Waals surface area contributed by atoms with Crippen LogP contribution in [0.15, 0.2) is 0 Å². The number of hydrogen-bond acceptors (Lipinski definition) is 2. The summed E-state index contributed by atoms with van der Waals surface area (Å²) in [5.74, 6) is 0. The number of rotatable bonds is 6. The lowest BCUT2D eigenvalue weighted by molar-refractivity contribution is 0.505. The highest BCUT2D eigenvalue weighted by Crippen LogP contribution is 2.20. The van der Waals surface area contributed by atoms with E-state index in [1.165, 1.54) is 6.42 Å². The van der Waals surface area contributed by atoms with Gasteiger partial charge in [-0.25, -0.2) is 0 Å². The predicted molar refractivity (Wildman–Crippen MR) is 69.0 cm³/mol. The van der Waals surface area contributed by atoms with Gasteiger partial charge in [-0.2, -0.15) is 5.10 Å². The maximum atomic E-state index is 6.20. The molecule has 1 aromatic rings. The minimum atomic E-state index is 0.534. The van der Waals surface area contributed by atoms with Crippen molar-refractivity contribution in [1.29, 1.82) is 0 Å². The molecule has 0 saturated heterocycles. The standard InChI is InChI=1S/C12H22ClN3/c1-5-8-14-9(2)6-7-11-12(13)10(3)15-16(11)4/h9,14H,5-8H2,1-4H3. The van der Waals surface area contributed by atoms with Crippen molar-refractivity contribution in [3.63, 3.8) is 0 Å². The third kappa shape index (κ3) is 3.49. The van der Waals surface area contributed by atoms with E-state index in [4.69, 9.17) is 11.6 Å². The molecule has 0 bridgehead atoms. The quantitative estimate of drug-likeness (QED) is 0.833. The van der Waals surface area contributed by atoms with Crippen molar-refractivity contribution in [3.05, 3.63) is 16.4 Å². The maximum Gasteiger partial charge on any atom is 0.0846 e. The lowest BCUT2D eigenvalue weighted by Crippen LogP contribution is -2.27. The molecule has 1 N–H and O–H groups in total. The summed E-state index contributed by atoms with van der Waals surface area (Å²) in [6.45, 7) is 7.43. The average Bonchev–Trinajstić information content (AvgIpc) is 2.48. The summed E-state index contributed by atoms with van der Waals surface area (Å²) in [7, 11) is 1.96. The van der Waals surface area contributed by atoms with Gasteiger partial charge in [0.2, 0.25) is 0 Å². The minimum absolute atomic E-state index is 0.534. The zero-order valence-corrected chi connectivity index (χ0v) is 11.4. The Kier molecular flexibility index (Phi) is 5.29. The van der Waals surface area contributed by atoms with Crippen LogP contribution in [0.1, 0.15) is 38.1 Å². The van der Waals surface area contributed by atoms with E-state index >= 15 is 0 Å². The Morgan fingerprint density at radius 3 is 2.69 bits per heavy atom. The lowest BCUT2D eigenvalue weighted by Gasteiger charge is -2.13. The minimum Gasteiger partial charge on any atom is -0.314 e. The molecule has 1 unspecified atom stereocenters. The van der Waals surface area contributed by atoms with E-state index in [0.29, 0.717) is 6.04 Å². The molecule has 1 heterocycles. The molecule has 0 aliphatic carbocycles. The number of hydrogen-bond donors (Lipinski definition) is 1. The van der Waals surface area contributed by atoms with Gasteiger partial charge in [0, 0.05) is 13.1 Å². The molecule has 0 saturated carbocycles. The van der Waals surface area contributed by atoms with Gasteiger partial charge in [-0.15, -0.1) is 0 Å². The topological polar surface area (TPSA) is 29.9 Å². The van der Waals surface area contributed by atoms with Crippen molar-refractivity contribution in [3.8, 4) is 0 Å². The van der Waals surface area contributed by atoms with Crippen LogP contribution in [0, 0.1) is 6.92 Å². The third-order valence-corrected chi connectivity index (χ3v) is 3.31. The number of aryl methyl sites for hydroxylation is 2. The largest absolute Gasteiger partial charge is 0.314 e. The Labute approximate surface area is 103 Å². The van der Waals surface area contributed by atoms with Crippen LogP contribution in [0.4, 0.5) is 0 Å². The van der Waals surface area contributed by atoms with E-state index in [0.717, 1.165) is 35.8 Å². The second-order valence-corrected chi connectivity index (χ2v) is 4.74. The van der Waals surface area contributed by atoms with Gasteiger partial charge in [-0.05, 0) is 39.7 Å². The summed E-state index contributed by atoms with van der Waals surface area (Å²) in [4.78, 5) is 0. The molecule has 4 heteroatoms. The first-order valence-electron chi connectivity index (χ1n) is 5.97. The smallest absolute Gasteiger partial charge is 0.0846 e. The van der Waals surface area contributed by atoms with E-state index in [1.807, 2.05) is 18.7 Å². The van der Waals surface area contributed by atoms with Crippen molar-refractivity contribution < 1.29 is 0 Å². The predicted octanol–water partition coefficient (Wildman–Crippen LogP) is 2.70. The first-order valence-corrected chi connectivity index (χ1v) is 6.35. The van der Waals surface area contributed by atoms with E-state index in [2.05, 4.69) is 24.3 Å². The molecule has 0 aromatic carbocycles. The summed E-state index contributed by atoms with van der Waals surface area (Å²) in [6, 6.07) is 0.534. The maximum absolute atomic E-state index is 6.20. The van der Waals surface area contributed by atoms with Gasteiger partial charge in [-0.1, -0.05) is 18.5 Å². The average molecular weight is 244 g/mol. The fraction of sp³-hybridized carbons (Fsp3) is 0.750. The normalized spacial score (nSPS) is 13.1. The molecule has 1 aromatic heterocycles. The molecule has 1 rings (SSSR count). The van der Waals surface area contributed by atoms with E-state index < -0.39 is 0 Å². The van der Waals surface area contributed by atoms with Crippen LogP contribution in [0.2, 0.25) is 5.02 Å². The van der Waals surface area contributed by atoms with Crippen molar-refractivity contribution >= 4 is 11.6 Å². The van der Waals surface area contributed by atoms with Gasteiger partial charge in [0.15, 0.2) is 0 Å². The summed E-state index contributed by atoms with van der Waals surface area (Å²) in [5, 5.41) is 8.61. The van der Waals surface area contributed by atoms with E-state index in [-0.39, 0.29) is 0 Å². The Morgan fingerprint density at radius 1 is 1.50 bits per heavy atom. The molecule has 1 atom stereocenters. The Morgan fingerprint density at radius 2 is 2.19 bits per heavy atom. The Hall–Kier alpha value is -0.540. The summed E-state index contributed by atoms with van der Waals surface area (Å²) in [6.07, 6.45) is 3.25. The number of nitrogens with zero attached hydrogens (tertiary/aromatic N) is 2. The van der Waals surface area contributed by atoms with Gasteiger partial charge in [0.1, 0.15) is 0 Å². The van der Waals surface area contributed by atoms with Crippen molar-refractivity contribution in [1.82, 2.24) is 15.1 Å². The molecule has 0 aliphatic heterocycles. The highest BCUT2D eigenvalue weighted by atomic mass is 35.5. The van der Waals surface area contributed by atoms with Crippen LogP contribution >= 0.6 is 11.6 Å². The SMILES string of the molecule is CCCNC(C)CCc1c(Cl)c(C)nn1C. The van der Waals surface area contributed by atoms with Crippen LogP contribution in [0.25, 0.3) is 0 Å². The summed E-state index contributed by atoms with van der Waals surface area (Å²) in [5.41, 5.74) is 2.07. The first-order chi connectivity index (χ1) is 7.56. The fourth-order valence-corrected chi connectivity index (χ4v) is 2.05. The molecule has 0 radical (unpaired) electrons. The third-order valence-electron chi connectivity index (χ3n) is 2.82. The molecular formula is C12H22ClN3. The zero-order chi connectivity index (χ0) is 12.1. The molecule has 16 heavy (non-hydrogen) atoms. The van der Waals surface area contributed by atoms with E-state index in [1.54, 1.807) is 0 Å².